The highest BCUT2D eigenvalue weighted by Crippen LogP contribution is 2.19. The van der Waals surface area contributed by atoms with E-state index in [0.29, 0.717) is 0 Å². The van der Waals surface area contributed by atoms with Gasteiger partial charge in [-0.2, -0.15) is 0 Å². The lowest BCUT2D eigenvalue weighted by Gasteiger charge is -2.07. The van der Waals surface area contributed by atoms with E-state index in [2.05, 4.69) is 13.0 Å². The average molecular weight is 198 g/mol. The highest BCUT2D eigenvalue weighted by Gasteiger charge is 2.01. The molecule has 0 heterocycles. The molecule has 0 aliphatic heterocycles. The Balaban J connectivity index is 2.70. The topological polar surface area (TPSA) is 26.0 Å². The van der Waals surface area contributed by atoms with Crippen LogP contribution in [0.5, 0.6) is 0 Å². The first-order chi connectivity index (χ1) is 6.09. The van der Waals surface area contributed by atoms with Gasteiger partial charge in [0.05, 0.1) is 0 Å². The number of benzene rings is 1. The van der Waals surface area contributed by atoms with Gasteiger partial charge >= 0.3 is 0 Å². The van der Waals surface area contributed by atoms with Gasteiger partial charge in [-0.15, -0.1) is 0 Å². The summed E-state index contributed by atoms with van der Waals surface area (Å²) >= 11 is 6.04. The third-order valence-electron chi connectivity index (χ3n) is 2.07. The lowest BCUT2D eigenvalue weighted by molar-refractivity contribution is 0.666. The molecule has 1 aromatic carbocycles. The van der Waals surface area contributed by atoms with Gasteiger partial charge in [-0.05, 0) is 38.3 Å². The lowest BCUT2D eigenvalue weighted by Crippen LogP contribution is -2.15. The Morgan fingerprint density at radius 2 is 2.15 bits per heavy atom. The zero-order valence-electron chi connectivity index (χ0n) is 8.18. The van der Waals surface area contributed by atoms with Gasteiger partial charge < -0.3 is 5.73 Å². The van der Waals surface area contributed by atoms with Crippen molar-refractivity contribution in [2.75, 3.05) is 0 Å². The van der Waals surface area contributed by atoms with E-state index in [0.717, 1.165) is 17.9 Å². The van der Waals surface area contributed by atoms with E-state index in [9.17, 15) is 0 Å². The van der Waals surface area contributed by atoms with Crippen molar-refractivity contribution >= 4 is 11.6 Å². The molecule has 2 N–H and O–H groups in total. The van der Waals surface area contributed by atoms with Crippen LogP contribution in [0.1, 0.15) is 24.5 Å². The molecule has 0 amide bonds. The summed E-state index contributed by atoms with van der Waals surface area (Å²) in [6, 6.07) is 6.35. The molecule has 1 rings (SSSR count). The largest absolute Gasteiger partial charge is 0.328 e. The molecule has 0 aliphatic carbocycles. The Bertz CT molecular complexity index is 281. The molecule has 0 aliphatic rings. The summed E-state index contributed by atoms with van der Waals surface area (Å²) in [5.41, 5.74) is 8.15. The second kappa shape index (κ2) is 4.64. The first-order valence-corrected chi connectivity index (χ1v) is 4.98. The summed E-state index contributed by atoms with van der Waals surface area (Å²) in [6.07, 6.45) is 1.96. The van der Waals surface area contributed by atoms with Gasteiger partial charge in [-0.25, -0.2) is 0 Å². The number of halogens is 1. The molecule has 1 aromatic rings. The van der Waals surface area contributed by atoms with Crippen molar-refractivity contribution in [1.29, 1.82) is 0 Å². The first-order valence-electron chi connectivity index (χ1n) is 4.60. The molecule has 1 atom stereocenters. The van der Waals surface area contributed by atoms with Crippen molar-refractivity contribution in [2.24, 2.45) is 5.73 Å². The zero-order valence-corrected chi connectivity index (χ0v) is 8.93. The lowest BCUT2D eigenvalue weighted by atomic mass is 10.0. The molecule has 0 spiro atoms. The van der Waals surface area contributed by atoms with Crippen LogP contribution in [-0.2, 0) is 6.42 Å². The third kappa shape index (κ3) is 3.37. The van der Waals surface area contributed by atoms with E-state index in [-0.39, 0.29) is 6.04 Å². The highest BCUT2D eigenvalue weighted by atomic mass is 35.5. The Hall–Kier alpha value is -0.530. The minimum Gasteiger partial charge on any atom is -0.328 e. The van der Waals surface area contributed by atoms with Crippen LogP contribution in [0.4, 0.5) is 0 Å². The maximum Gasteiger partial charge on any atom is 0.0438 e. The Labute approximate surface area is 84.9 Å². The van der Waals surface area contributed by atoms with Crippen LogP contribution in [0, 0.1) is 6.92 Å². The van der Waals surface area contributed by atoms with Gasteiger partial charge in [0.25, 0.3) is 0 Å². The van der Waals surface area contributed by atoms with Crippen LogP contribution in [0.15, 0.2) is 18.2 Å². The number of aryl methyl sites for hydroxylation is 2. The summed E-state index contributed by atoms with van der Waals surface area (Å²) in [4.78, 5) is 0. The first kappa shape index (κ1) is 10.6. The molecule has 0 saturated carbocycles. The van der Waals surface area contributed by atoms with Crippen molar-refractivity contribution < 1.29 is 0 Å². The molecular formula is C11H16ClN. The van der Waals surface area contributed by atoms with Crippen LogP contribution in [-0.4, -0.2) is 6.04 Å². The van der Waals surface area contributed by atoms with E-state index >= 15 is 0 Å². The molecule has 1 nitrogen and oxygen atoms in total. The minimum atomic E-state index is 0.247. The molecule has 72 valence electrons. The smallest absolute Gasteiger partial charge is 0.0438 e. The van der Waals surface area contributed by atoms with Gasteiger partial charge in [-0.1, -0.05) is 29.3 Å². The van der Waals surface area contributed by atoms with Gasteiger partial charge in [0.2, 0.25) is 0 Å². The predicted octanol–water partition coefficient (Wildman–Crippen LogP) is 2.93. The highest BCUT2D eigenvalue weighted by molar-refractivity contribution is 6.31. The molecule has 2 heteroatoms. The van der Waals surface area contributed by atoms with Crippen molar-refractivity contribution in [3.8, 4) is 0 Å². The fraction of sp³-hybridized carbons (Fsp3) is 0.455. The molecule has 0 aromatic heterocycles. The van der Waals surface area contributed by atoms with Crippen molar-refractivity contribution in [3.05, 3.63) is 34.3 Å². The van der Waals surface area contributed by atoms with Crippen molar-refractivity contribution in [1.82, 2.24) is 0 Å². The summed E-state index contributed by atoms with van der Waals surface area (Å²) in [5.74, 6) is 0. The van der Waals surface area contributed by atoms with Crippen LogP contribution in [0.25, 0.3) is 0 Å². The van der Waals surface area contributed by atoms with Gasteiger partial charge in [0, 0.05) is 11.1 Å². The zero-order chi connectivity index (χ0) is 9.84. The SMILES string of the molecule is Cc1ccc(Cl)c(CCC(C)N)c1. The molecule has 1 unspecified atom stereocenters. The molecule has 0 fully saturated rings. The minimum absolute atomic E-state index is 0.247. The van der Waals surface area contributed by atoms with Gasteiger partial charge in [-0.3, -0.25) is 0 Å². The summed E-state index contributed by atoms with van der Waals surface area (Å²) in [5, 5.41) is 0.853. The fourth-order valence-electron chi connectivity index (χ4n) is 1.28. The van der Waals surface area contributed by atoms with Crippen molar-refractivity contribution in [2.45, 2.75) is 32.7 Å². The van der Waals surface area contributed by atoms with Crippen LogP contribution in [0.3, 0.4) is 0 Å². The van der Waals surface area contributed by atoms with Crippen LogP contribution >= 0.6 is 11.6 Å². The summed E-state index contributed by atoms with van der Waals surface area (Å²) in [7, 11) is 0. The molecular weight excluding hydrogens is 182 g/mol. The fourth-order valence-corrected chi connectivity index (χ4v) is 1.49. The summed E-state index contributed by atoms with van der Waals surface area (Å²) in [6.45, 7) is 4.09. The normalized spacial score (nSPS) is 12.9. The molecule has 0 bridgehead atoms. The molecule has 0 radical (unpaired) electrons. The van der Waals surface area contributed by atoms with Gasteiger partial charge in [0.1, 0.15) is 0 Å². The summed E-state index contributed by atoms with van der Waals surface area (Å²) < 4.78 is 0. The Morgan fingerprint density at radius 1 is 1.46 bits per heavy atom. The second-order valence-electron chi connectivity index (χ2n) is 3.61. The predicted molar refractivity (Wildman–Crippen MR) is 58.2 cm³/mol. The number of hydrogen-bond acceptors (Lipinski definition) is 1. The number of rotatable bonds is 3. The van der Waals surface area contributed by atoms with Crippen molar-refractivity contribution in [3.63, 3.8) is 0 Å². The second-order valence-corrected chi connectivity index (χ2v) is 4.02. The van der Waals surface area contributed by atoms with E-state index in [1.165, 1.54) is 11.1 Å². The van der Waals surface area contributed by atoms with Crippen LogP contribution in [0.2, 0.25) is 5.02 Å². The number of hydrogen-bond donors (Lipinski definition) is 1. The molecule has 0 saturated heterocycles. The maximum absolute atomic E-state index is 6.04. The standard InChI is InChI=1S/C11H16ClN/c1-8-3-6-11(12)10(7-8)5-4-9(2)13/h3,6-7,9H,4-5,13H2,1-2H3. The Kier molecular flexibility index (Phi) is 3.76. The van der Waals surface area contributed by atoms with E-state index in [4.69, 9.17) is 17.3 Å². The average Bonchev–Trinajstić information content (AvgIpc) is 2.06. The van der Waals surface area contributed by atoms with Crippen LogP contribution < -0.4 is 5.73 Å². The third-order valence-corrected chi connectivity index (χ3v) is 2.44. The van der Waals surface area contributed by atoms with E-state index < -0.39 is 0 Å². The monoisotopic (exact) mass is 197 g/mol. The maximum atomic E-state index is 6.04. The van der Waals surface area contributed by atoms with E-state index in [1.807, 2.05) is 19.1 Å². The van der Waals surface area contributed by atoms with E-state index in [1.54, 1.807) is 0 Å². The van der Waals surface area contributed by atoms with Gasteiger partial charge in [0.15, 0.2) is 0 Å². The number of nitrogens with two attached hydrogens (primary N) is 1. The quantitative estimate of drug-likeness (QED) is 0.793. The molecule has 13 heavy (non-hydrogen) atoms. The Morgan fingerprint density at radius 3 is 2.77 bits per heavy atom.